The third-order valence-corrected chi connectivity index (χ3v) is 4.62. The third-order valence-electron chi connectivity index (χ3n) is 3.51. The van der Waals surface area contributed by atoms with Crippen molar-refractivity contribution in [1.82, 2.24) is 20.2 Å². The van der Waals surface area contributed by atoms with Gasteiger partial charge in [-0.15, -0.1) is 10.2 Å². The summed E-state index contributed by atoms with van der Waals surface area (Å²) in [5, 5.41) is 9.68. The number of aryl methyl sites for hydroxylation is 1. The molecule has 5 nitrogen and oxygen atoms in total. The second-order valence-electron chi connectivity index (χ2n) is 5.36. The van der Waals surface area contributed by atoms with Crippen LogP contribution in [0.1, 0.15) is 11.5 Å². The highest BCUT2D eigenvalue weighted by Crippen LogP contribution is 2.25. The van der Waals surface area contributed by atoms with E-state index < -0.39 is 0 Å². The van der Waals surface area contributed by atoms with Crippen molar-refractivity contribution in [3.8, 4) is 11.5 Å². The first-order valence-electron chi connectivity index (χ1n) is 7.35. The van der Waals surface area contributed by atoms with Crippen LogP contribution in [-0.4, -0.2) is 20.2 Å². The Kier molecular flexibility index (Phi) is 4.00. The van der Waals surface area contributed by atoms with Crippen molar-refractivity contribution < 1.29 is 4.42 Å². The monoisotopic (exact) mass is 356 g/mol. The van der Waals surface area contributed by atoms with Gasteiger partial charge in [-0.1, -0.05) is 29.4 Å². The maximum atomic E-state index is 5.88. The Hall–Kier alpha value is -2.31. The molecule has 0 amide bonds. The lowest BCUT2D eigenvalue weighted by Gasteiger charge is -1.94. The zero-order chi connectivity index (χ0) is 16.5. The maximum absolute atomic E-state index is 5.88. The number of fused-ring (bicyclic) bond motifs is 1. The average molecular weight is 357 g/mol. The fourth-order valence-electron chi connectivity index (χ4n) is 2.32. The summed E-state index contributed by atoms with van der Waals surface area (Å²) < 4.78 is 5.70. The first-order chi connectivity index (χ1) is 11.7. The van der Waals surface area contributed by atoms with Gasteiger partial charge in [-0.3, -0.25) is 0 Å². The second kappa shape index (κ2) is 6.30. The molecule has 0 unspecified atom stereocenters. The van der Waals surface area contributed by atoms with Gasteiger partial charge in [0.15, 0.2) is 5.16 Å². The summed E-state index contributed by atoms with van der Waals surface area (Å²) in [5.41, 5.74) is 4.04. The van der Waals surface area contributed by atoms with E-state index in [-0.39, 0.29) is 0 Å². The predicted octanol–water partition coefficient (Wildman–Crippen LogP) is 4.87. The van der Waals surface area contributed by atoms with Crippen LogP contribution in [0.3, 0.4) is 0 Å². The van der Waals surface area contributed by atoms with Crippen LogP contribution in [0.15, 0.2) is 52.0 Å². The van der Waals surface area contributed by atoms with E-state index in [0.29, 0.717) is 22.6 Å². The third kappa shape index (κ3) is 3.16. The number of halogens is 1. The van der Waals surface area contributed by atoms with Crippen molar-refractivity contribution in [1.29, 1.82) is 0 Å². The van der Waals surface area contributed by atoms with Crippen LogP contribution in [0.5, 0.6) is 0 Å². The standard InChI is InChI=1S/C17H13ClN4OS/c1-10-2-7-13-14(8-10)20-17(19-13)24-9-15-21-22-16(23-15)11-3-5-12(18)6-4-11/h2-8H,9H2,1H3,(H,19,20). The van der Waals surface area contributed by atoms with E-state index in [1.165, 1.54) is 17.3 Å². The molecule has 4 aromatic rings. The van der Waals surface area contributed by atoms with Gasteiger partial charge >= 0.3 is 0 Å². The summed E-state index contributed by atoms with van der Waals surface area (Å²) in [6.07, 6.45) is 0. The number of H-pyrrole nitrogens is 1. The van der Waals surface area contributed by atoms with Gasteiger partial charge < -0.3 is 9.40 Å². The zero-order valence-corrected chi connectivity index (χ0v) is 14.4. The molecule has 0 radical (unpaired) electrons. The lowest BCUT2D eigenvalue weighted by Crippen LogP contribution is -1.81. The van der Waals surface area contributed by atoms with E-state index in [1.807, 2.05) is 24.3 Å². The van der Waals surface area contributed by atoms with E-state index in [4.69, 9.17) is 16.0 Å². The molecule has 7 heteroatoms. The van der Waals surface area contributed by atoms with Gasteiger partial charge in [0.1, 0.15) is 0 Å². The molecule has 2 aromatic carbocycles. The van der Waals surface area contributed by atoms with E-state index in [2.05, 4.69) is 33.2 Å². The summed E-state index contributed by atoms with van der Waals surface area (Å²) in [6, 6.07) is 13.4. The molecule has 0 spiro atoms. The van der Waals surface area contributed by atoms with E-state index in [0.717, 1.165) is 21.8 Å². The lowest BCUT2D eigenvalue weighted by molar-refractivity contribution is 0.528. The fourth-order valence-corrected chi connectivity index (χ4v) is 3.17. The van der Waals surface area contributed by atoms with Gasteiger partial charge in [0, 0.05) is 10.6 Å². The minimum Gasteiger partial charge on any atom is -0.420 e. The number of imidazole rings is 1. The summed E-state index contributed by atoms with van der Waals surface area (Å²) in [5.74, 6) is 1.60. The van der Waals surface area contributed by atoms with Crippen molar-refractivity contribution >= 4 is 34.4 Å². The molecule has 0 bridgehead atoms. The number of nitrogens with one attached hydrogen (secondary N) is 1. The molecule has 0 aliphatic rings. The summed E-state index contributed by atoms with van der Waals surface area (Å²) in [6.45, 7) is 2.06. The molecule has 0 fully saturated rings. The fraction of sp³-hybridized carbons (Fsp3) is 0.118. The Morgan fingerprint density at radius 1 is 1.12 bits per heavy atom. The normalized spacial score (nSPS) is 11.2. The lowest BCUT2D eigenvalue weighted by atomic mass is 10.2. The van der Waals surface area contributed by atoms with E-state index >= 15 is 0 Å². The van der Waals surface area contributed by atoms with Crippen molar-refractivity contribution in [2.45, 2.75) is 17.8 Å². The van der Waals surface area contributed by atoms with Crippen molar-refractivity contribution in [2.24, 2.45) is 0 Å². The molecule has 2 aromatic heterocycles. The topological polar surface area (TPSA) is 67.6 Å². The van der Waals surface area contributed by atoms with Crippen LogP contribution in [0, 0.1) is 6.92 Å². The molecule has 0 saturated heterocycles. The minimum atomic E-state index is 0.488. The molecule has 1 N–H and O–H groups in total. The highest BCUT2D eigenvalue weighted by atomic mass is 35.5. The highest BCUT2D eigenvalue weighted by molar-refractivity contribution is 7.98. The van der Waals surface area contributed by atoms with Gasteiger partial charge in [0.05, 0.1) is 16.8 Å². The molecular formula is C17H13ClN4OS. The summed E-state index contributed by atoms with van der Waals surface area (Å²) in [4.78, 5) is 7.85. The molecular weight excluding hydrogens is 344 g/mol. The van der Waals surface area contributed by atoms with Crippen LogP contribution in [0.4, 0.5) is 0 Å². The molecule has 0 aliphatic heterocycles. The predicted molar refractivity (Wildman–Crippen MR) is 95.1 cm³/mol. The SMILES string of the molecule is Cc1ccc2nc(SCc3nnc(-c4ccc(Cl)cc4)o3)[nH]c2c1. The Labute approximate surface area is 147 Å². The molecule has 0 atom stereocenters. The van der Waals surface area contributed by atoms with Crippen molar-refractivity contribution in [3.63, 3.8) is 0 Å². The van der Waals surface area contributed by atoms with Gasteiger partial charge in [-0.05, 0) is 48.9 Å². The van der Waals surface area contributed by atoms with Gasteiger partial charge in [-0.2, -0.15) is 0 Å². The Balaban J connectivity index is 1.48. The number of aromatic nitrogens is 4. The van der Waals surface area contributed by atoms with Crippen molar-refractivity contribution in [3.05, 3.63) is 58.9 Å². The molecule has 4 rings (SSSR count). The highest BCUT2D eigenvalue weighted by Gasteiger charge is 2.10. The number of benzene rings is 2. The van der Waals surface area contributed by atoms with E-state index in [1.54, 1.807) is 12.1 Å². The summed E-state index contributed by atoms with van der Waals surface area (Å²) >= 11 is 7.42. The number of nitrogens with zero attached hydrogens (tertiary/aromatic N) is 3. The maximum Gasteiger partial charge on any atom is 0.247 e. The molecule has 2 heterocycles. The number of hydrogen-bond acceptors (Lipinski definition) is 5. The largest absolute Gasteiger partial charge is 0.420 e. The van der Waals surface area contributed by atoms with Crippen LogP contribution in [0.2, 0.25) is 5.02 Å². The first kappa shape index (κ1) is 15.2. The molecule has 0 aliphatic carbocycles. The Morgan fingerprint density at radius 2 is 1.96 bits per heavy atom. The second-order valence-corrected chi connectivity index (χ2v) is 6.76. The van der Waals surface area contributed by atoms with E-state index in [9.17, 15) is 0 Å². The van der Waals surface area contributed by atoms with Crippen LogP contribution in [0.25, 0.3) is 22.5 Å². The van der Waals surface area contributed by atoms with Crippen LogP contribution in [-0.2, 0) is 5.75 Å². The van der Waals surface area contributed by atoms with Gasteiger partial charge in [0.25, 0.3) is 0 Å². The number of thioether (sulfide) groups is 1. The average Bonchev–Trinajstić information content (AvgIpc) is 3.19. The smallest absolute Gasteiger partial charge is 0.247 e. The zero-order valence-electron chi connectivity index (χ0n) is 12.8. The van der Waals surface area contributed by atoms with Crippen LogP contribution >= 0.6 is 23.4 Å². The minimum absolute atomic E-state index is 0.488. The number of aromatic amines is 1. The van der Waals surface area contributed by atoms with Gasteiger partial charge in [-0.25, -0.2) is 4.98 Å². The Morgan fingerprint density at radius 3 is 2.79 bits per heavy atom. The quantitative estimate of drug-likeness (QED) is 0.528. The molecule has 24 heavy (non-hydrogen) atoms. The van der Waals surface area contributed by atoms with Crippen LogP contribution < -0.4 is 0 Å². The Bertz CT molecular complexity index is 993. The van der Waals surface area contributed by atoms with Crippen molar-refractivity contribution in [2.75, 3.05) is 0 Å². The van der Waals surface area contributed by atoms with Gasteiger partial charge in [0.2, 0.25) is 11.8 Å². The first-order valence-corrected chi connectivity index (χ1v) is 8.71. The number of rotatable bonds is 4. The molecule has 0 saturated carbocycles. The summed E-state index contributed by atoms with van der Waals surface area (Å²) in [7, 11) is 0. The molecule has 120 valence electrons. The number of hydrogen-bond donors (Lipinski definition) is 1.